The molecular formula is C22H28IN7O. The Kier molecular flexibility index (Phi) is 9.95. The summed E-state index contributed by atoms with van der Waals surface area (Å²) in [7, 11) is 1.64. The maximum absolute atomic E-state index is 11.8. The molecule has 164 valence electrons. The molecule has 2 heterocycles. The van der Waals surface area contributed by atoms with Gasteiger partial charge in [-0.15, -0.1) is 24.0 Å². The summed E-state index contributed by atoms with van der Waals surface area (Å²) in [6.07, 6.45) is 7.87. The topological polar surface area (TPSA) is 96.2 Å². The van der Waals surface area contributed by atoms with Gasteiger partial charge in [0.15, 0.2) is 5.96 Å². The number of nitrogens with zero attached hydrogens (tertiary/aromatic N) is 4. The van der Waals surface area contributed by atoms with E-state index in [1.165, 1.54) is 0 Å². The minimum atomic E-state index is -0.0767. The first-order valence-corrected chi connectivity index (χ1v) is 9.96. The summed E-state index contributed by atoms with van der Waals surface area (Å²) < 4.78 is 1.86. The summed E-state index contributed by atoms with van der Waals surface area (Å²) in [5.41, 5.74) is 2.82. The zero-order valence-electron chi connectivity index (χ0n) is 17.7. The van der Waals surface area contributed by atoms with E-state index in [0.717, 1.165) is 35.9 Å². The highest BCUT2D eigenvalue weighted by Gasteiger charge is 2.05. The molecule has 0 spiro atoms. The van der Waals surface area contributed by atoms with E-state index in [4.69, 9.17) is 0 Å². The Morgan fingerprint density at radius 2 is 2.00 bits per heavy atom. The van der Waals surface area contributed by atoms with Crippen LogP contribution in [0.3, 0.4) is 0 Å². The van der Waals surface area contributed by atoms with Crippen LogP contribution in [-0.2, 0) is 13.0 Å². The van der Waals surface area contributed by atoms with Crippen molar-refractivity contribution in [3.05, 3.63) is 78.0 Å². The fourth-order valence-corrected chi connectivity index (χ4v) is 2.94. The highest BCUT2D eigenvalue weighted by Crippen LogP contribution is 2.08. The lowest BCUT2D eigenvalue weighted by atomic mass is 10.1. The van der Waals surface area contributed by atoms with Crippen LogP contribution in [0.4, 0.5) is 0 Å². The molecule has 0 aliphatic rings. The minimum Gasteiger partial charge on any atom is -0.357 e. The highest BCUT2D eigenvalue weighted by molar-refractivity contribution is 14.0. The number of carbonyl (C=O) groups excluding carboxylic acids is 1. The summed E-state index contributed by atoms with van der Waals surface area (Å²) in [4.78, 5) is 24.9. The van der Waals surface area contributed by atoms with Gasteiger partial charge < -0.3 is 16.0 Å². The third-order valence-electron chi connectivity index (χ3n) is 4.47. The maximum atomic E-state index is 11.8. The molecule has 0 atom stereocenters. The van der Waals surface area contributed by atoms with Crippen molar-refractivity contribution in [2.45, 2.75) is 19.9 Å². The zero-order valence-corrected chi connectivity index (χ0v) is 20.0. The number of nitrogens with one attached hydrogen (secondary N) is 3. The molecule has 0 fully saturated rings. The Labute approximate surface area is 199 Å². The number of halogens is 1. The van der Waals surface area contributed by atoms with E-state index in [9.17, 15) is 4.79 Å². The molecule has 2 aromatic heterocycles. The molecule has 8 nitrogen and oxygen atoms in total. The van der Waals surface area contributed by atoms with Crippen molar-refractivity contribution in [1.29, 1.82) is 0 Å². The number of pyridine rings is 1. The van der Waals surface area contributed by atoms with Crippen molar-refractivity contribution < 1.29 is 4.79 Å². The average molecular weight is 533 g/mol. The van der Waals surface area contributed by atoms with Gasteiger partial charge in [0.05, 0.1) is 6.54 Å². The van der Waals surface area contributed by atoms with Crippen molar-refractivity contribution in [1.82, 2.24) is 30.5 Å². The van der Waals surface area contributed by atoms with Crippen LogP contribution in [0.1, 0.15) is 28.4 Å². The van der Waals surface area contributed by atoms with Crippen LogP contribution in [0.2, 0.25) is 0 Å². The lowest BCUT2D eigenvalue weighted by Crippen LogP contribution is -2.38. The van der Waals surface area contributed by atoms with Gasteiger partial charge in [0.1, 0.15) is 12.1 Å². The third-order valence-corrected chi connectivity index (χ3v) is 4.47. The number of hydrogen-bond donors (Lipinski definition) is 3. The van der Waals surface area contributed by atoms with Crippen LogP contribution < -0.4 is 16.0 Å². The molecule has 1 amide bonds. The molecule has 0 unspecified atom stereocenters. The predicted molar refractivity (Wildman–Crippen MR) is 133 cm³/mol. The van der Waals surface area contributed by atoms with Crippen LogP contribution in [0.25, 0.3) is 5.82 Å². The highest BCUT2D eigenvalue weighted by atomic mass is 127. The number of rotatable bonds is 8. The minimum absolute atomic E-state index is 0. The molecule has 0 saturated heterocycles. The second-order valence-electron chi connectivity index (χ2n) is 6.64. The second kappa shape index (κ2) is 12.7. The van der Waals surface area contributed by atoms with Crippen molar-refractivity contribution in [3.8, 4) is 5.82 Å². The van der Waals surface area contributed by atoms with Gasteiger partial charge in [-0.3, -0.25) is 9.36 Å². The number of carbonyl (C=O) groups is 1. The van der Waals surface area contributed by atoms with Crippen LogP contribution in [0.15, 0.2) is 66.3 Å². The van der Waals surface area contributed by atoms with Gasteiger partial charge in [-0.25, -0.2) is 15.0 Å². The molecule has 0 radical (unpaired) electrons. The average Bonchev–Trinajstić information content (AvgIpc) is 3.32. The van der Waals surface area contributed by atoms with Gasteiger partial charge in [-0.2, -0.15) is 0 Å². The standard InChI is InChI=1S/C22H27N7O.HI/c1-3-25-22(27-10-7-17-5-4-6-19(13-17)21(30)23-2)28-15-18-8-9-26-20(14-18)29-12-11-24-16-29;/h4-6,8-9,11-14,16H,3,7,10,15H2,1-2H3,(H,23,30)(H2,25,27,28);1H. The smallest absolute Gasteiger partial charge is 0.251 e. The number of imidazole rings is 1. The molecule has 0 aliphatic carbocycles. The summed E-state index contributed by atoms with van der Waals surface area (Å²) in [5, 5.41) is 9.27. The molecule has 0 aliphatic heterocycles. The van der Waals surface area contributed by atoms with Crippen LogP contribution in [-0.4, -0.2) is 46.5 Å². The van der Waals surface area contributed by atoms with Gasteiger partial charge in [-0.05, 0) is 48.7 Å². The molecule has 9 heteroatoms. The second-order valence-corrected chi connectivity index (χ2v) is 6.64. The summed E-state index contributed by atoms with van der Waals surface area (Å²) in [5.74, 6) is 1.49. The molecule has 3 aromatic rings. The van der Waals surface area contributed by atoms with Crippen molar-refractivity contribution in [2.24, 2.45) is 4.99 Å². The number of aliphatic imine (C=N–C) groups is 1. The van der Waals surface area contributed by atoms with Crippen molar-refractivity contribution >= 4 is 35.8 Å². The molecular weight excluding hydrogens is 505 g/mol. The lowest BCUT2D eigenvalue weighted by Gasteiger charge is -2.12. The molecule has 1 aromatic carbocycles. The molecule has 0 saturated carbocycles. The first kappa shape index (κ1) is 24.3. The van der Waals surface area contributed by atoms with Crippen molar-refractivity contribution in [2.75, 3.05) is 20.1 Å². The quantitative estimate of drug-likeness (QED) is 0.235. The molecule has 3 N–H and O–H groups in total. The number of benzene rings is 1. The summed E-state index contributed by atoms with van der Waals surface area (Å²) >= 11 is 0. The van der Waals surface area contributed by atoms with Crippen molar-refractivity contribution in [3.63, 3.8) is 0 Å². The Hall–Kier alpha value is -2.95. The van der Waals surface area contributed by atoms with E-state index in [1.807, 2.05) is 54.1 Å². The summed E-state index contributed by atoms with van der Waals surface area (Å²) in [6, 6.07) is 11.6. The molecule has 3 rings (SSSR count). The zero-order chi connectivity index (χ0) is 21.2. The normalized spacial score (nSPS) is 10.8. The number of amides is 1. The van der Waals surface area contributed by atoms with Gasteiger partial charge in [0.25, 0.3) is 5.91 Å². The number of guanidine groups is 1. The third kappa shape index (κ3) is 7.35. The van der Waals surface area contributed by atoms with Gasteiger partial charge in [-0.1, -0.05) is 12.1 Å². The lowest BCUT2D eigenvalue weighted by molar-refractivity contribution is 0.0963. The first-order chi connectivity index (χ1) is 14.7. The van der Waals surface area contributed by atoms with E-state index < -0.39 is 0 Å². The monoisotopic (exact) mass is 533 g/mol. The summed E-state index contributed by atoms with van der Waals surface area (Å²) in [6.45, 7) is 4.05. The largest absolute Gasteiger partial charge is 0.357 e. The van der Waals surface area contributed by atoms with Crippen LogP contribution in [0.5, 0.6) is 0 Å². The van der Waals surface area contributed by atoms with E-state index in [-0.39, 0.29) is 29.9 Å². The Balaban J connectivity index is 0.00000341. The SMILES string of the molecule is CCNC(=NCc1ccnc(-n2ccnc2)c1)NCCc1cccc(C(=O)NC)c1.I. The Morgan fingerprint density at radius 3 is 2.74 bits per heavy atom. The van der Waals surface area contributed by atoms with E-state index in [0.29, 0.717) is 18.7 Å². The molecule has 0 bridgehead atoms. The Morgan fingerprint density at radius 1 is 1.13 bits per heavy atom. The van der Waals surface area contributed by atoms with E-state index >= 15 is 0 Å². The fraction of sp³-hybridized carbons (Fsp3) is 0.273. The number of aromatic nitrogens is 3. The molecule has 31 heavy (non-hydrogen) atoms. The van der Waals surface area contributed by atoms with Gasteiger partial charge in [0, 0.05) is 44.3 Å². The van der Waals surface area contributed by atoms with Gasteiger partial charge in [0.2, 0.25) is 0 Å². The Bertz CT molecular complexity index is 989. The van der Waals surface area contributed by atoms with Crippen LogP contribution in [0, 0.1) is 0 Å². The van der Waals surface area contributed by atoms with E-state index in [2.05, 4.69) is 30.9 Å². The van der Waals surface area contributed by atoms with Gasteiger partial charge >= 0.3 is 0 Å². The first-order valence-electron chi connectivity index (χ1n) is 9.96. The van der Waals surface area contributed by atoms with Crippen LogP contribution >= 0.6 is 24.0 Å². The predicted octanol–water partition coefficient (Wildman–Crippen LogP) is 2.54. The van der Waals surface area contributed by atoms with E-state index in [1.54, 1.807) is 25.8 Å². The maximum Gasteiger partial charge on any atom is 0.251 e. The fourth-order valence-electron chi connectivity index (χ4n) is 2.94. The number of hydrogen-bond acceptors (Lipinski definition) is 4.